The monoisotopic (exact) mass is 269 g/mol. The molecule has 1 N–H and O–H groups in total. The van der Waals surface area contributed by atoms with Gasteiger partial charge in [-0.2, -0.15) is 5.10 Å². The molecule has 0 aliphatic heterocycles. The molecule has 0 saturated carbocycles. The second kappa shape index (κ2) is 5.31. The predicted molar refractivity (Wildman–Crippen MR) is 63.8 cm³/mol. The molecule has 0 spiro atoms. The van der Waals surface area contributed by atoms with Crippen LogP contribution in [0, 0.1) is 0 Å². The first-order chi connectivity index (χ1) is 9.04. The summed E-state index contributed by atoms with van der Waals surface area (Å²) in [6.07, 6.45) is -1.30. The average Bonchev–Trinajstić information content (AvgIpc) is 2.72. The predicted octanol–water partition coefficient (Wildman–Crippen LogP) is 2.27. The maximum atomic E-state index is 12.7. The zero-order chi connectivity index (χ0) is 14.0. The number of alkyl halides is 2. The Balaban J connectivity index is 2.50. The van der Waals surface area contributed by atoms with Gasteiger partial charge in [0.2, 0.25) is 0 Å². The Kier molecular flexibility index (Phi) is 3.75. The van der Waals surface area contributed by atoms with Gasteiger partial charge in [0.25, 0.3) is 6.43 Å². The Morgan fingerprint density at radius 1 is 1.42 bits per heavy atom. The van der Waals surface area contributed by atoms with Crippen LogP contribution in [0.3, 0.4) is 0 Å². The van der Waals surface area contributed by atoms with Crippen molar-refractivity contribution in [3.05, 3.63) is 29.7 Å². The zero-order valence-electron chi connectivity index (χ0n) is 10.5. The van der Waals surface area contributed by atoms with E-state index in [0.717, 1.165) is 5.69 Å². The van der Waals surface area contributed by atoms with E-state index >= 15 is 0 Å². The number of methoxy groups -OCH3 is 1. The van der Waals surface area contributed by atoms with Gasteiger partial charge < -0.3 is 9.84 Å². The summed E-state index contributed by atoms with van der Waals surface area (Å²) in [6, 6.07) is 2.67. The lowest BCUT2D eigenvalue weighted by atomic mass is 10.1. The number of rotatable bonds is 4. The van der Waals surface area contributed by atoms with Gasteiger partial charge in [-0.25, -0.2) is 13.8 Å². The highest BCUT2D eigenvalue weighted by Crippen LogP contribution is 2.30. The van der Waals surface area contributed by atoms with Crippen molar-refractivity contribution >= 4 is 0 Å². The van der Waals surface area contributed by atoms with E-state index in [2.05, 4.69) is 10.1 Å². The van der Waals surface area contributed by atoms with E-state index in [1.165, 1.54) is 25.4 Å². The van der Waals surface area contributed by atoms with Gasteiger partial charge in [0.1, 0.15) is 11.4 Å². The number of nitrogens with zero attached hydrogens (tertiary/aromatic N) is 3. The van der Waals surface area contributed by atoms with E-state index in [-0.39, 0.29) is 0 Å². The highest BCUT2D eigenvalue weighted by molar-refractivity contribution is 5.62. The molecule has 0 aliphatic rings. The lowest BCUT2D eigenvalue weighted by Gasteiger charge is -2.07. The van der Waals surface area contributed by atoms with Crippen molar-refractivity contribution in [2.45, 2.75) is 13.0 Å². The molecule has 2 heterocycles. The summed E-state index contributed by atoms with van der Waals surface area (Å²) in [5.74, 6) is -0.518. The Morgan fingerprint density at radius 3 is 2.79 bits per heavy atom. The lowest BCUT2D eigenvalue weighted by Crippen LogP contribution is -2.01. The summed E-state index contributed by atoms with van der Waals surface area (Å²) >= 11 is 0. The van der Waals surface area contributed by atoms with Gasteiger partial charge in [0.05, 0.1) is 24.2 Å². The van der Waals surface area contributed by atoms with Crippen molar-refractivity contribution in [1.82, 2.24) is 14.8 Å². The summed E-state index contributed by atoms with van der Waals surface area (Å²) in [5.41, 5.74) is 1.02. The first-order valence-corrected chi connectivity index (χ1v) is 5.52. The molecule has 5 nitrogen and oxygen atoms in total. The number of hydrogen-bond donors (Lipinski definition) is 1. The molecule has 0 radical (unpaired) electrons. The second-order valence-electron chi connectivity index (χ2n) is 3.96. The van der Waals surface area contributed by atoms with Gasteiger partial charge in [-0.3, -0.25) is 4.68 Å². The first kappa shape index (κ1) is 13.4. The van der Waals surface area contributed by atoms with Crippen LogP contribution in [0.25, 0.3) is 11.3 Å². The third kappa shape index (κ3) is 2.55. The van der Waals surface area contributed by atoms with Crippen LogP contribution in [0.4, 0.5) is 8.78 Å². The van der Waals surface area contributed by atoms with Gasteiger partial charge in [0, 0.05) is 19.7 Å². The van der Waals surface area contributed by atoms with E-state index in [9.17, 15) is 13.9 Å². The fourth-order valence-corrected chi connectivity index (χ4v) is 1.76. The minimum atomic E-state index is -2.83. The summed E-state index contributed by atoms with van der Waals surface area (Å²) in [4.78, 5) is 3.79. The molecule has 19 heavy (non-hydrogen) atoms. The number of halogens is 2. The van der Waals surface area contributed by atoms with E-state index in [4.69, 9.17) is 4.74 Å². The number of aryl methyl sites for hydroxylation is 1. The Hall–Kier alpha value is -2.02. The van der Waals surface area contributed by atoms with Gasteiger partial charge in [-0.15, -0.1) is 0 Å². The standard InChI is InChI=1S/C12H13F2N3O2/c1-17-9(6-19-2)7(5-15-17)8-3-4-10(18)11(16-8)12(13)14/h3-5,12,18H,6H2,1-2H3. The first-order valence-electron chi connectivity index (χ1n) is 5.52. The van der Waals surface area contributed by atoms with Crippen LogP contribution in [-0.4, -0.2) is 27.0 Å². The molecule has 0 aromatic carbocycles. The van der Waals surface area contributed by atoms with Gasteiger partial charge in [-0.1, -0.05) is 0 Å². The maximum absolute atomic E-state index is 12.7. The molecule has 0 bridgehead atoms. The third-order valence-corrected chi connectivity index (χ3v) is 2.73. The van der Waals surface area contributed by atoms with Crippen molar-refractivity contribution in [2.75, 3.05) is 7.11 Å². The quantitative estimate of drug-likeness (QED) is 0.925. The smallest absolute Gasteiger partial charge is 0.284 e. The zero-order valence-corrected chi connectivity index (χ0v) is 10.5. The largest absolute Gasteiger partial charge is 0.506 e. The van der Waals surface area contributed by atoms with Gasteiger partial charge >= 0.3 is 0 Å². The number of aromatic hydroxyl groups is 1. The molecule has 0 fully saturated rings. The fourth-order valence-electron chi connectivity index (χ4n) is 1.76. The van der Waals surface area contributed by atoms with Crippen LogP contribution in [0.5, 0.6) is 5.75 Å². The van der Waals surface area contributed by atoms with E-state index in [1.54, 1.807) is 11.7 Å². The van der Waals surface area contributed by atoms with Gasteiger partial charge in [-0.05, 0) is 12.1 Å². The summed E-state index contributed by atoms with van der Waals surface area (Å²) in [7, 11) is 3.26. The molecule has 2 rings (SSSR count). The van der Waals surface area contributed by atoms with E-state index < -0.39 is 17.9 Å². The lowest BCUT2D eigenvalue weighted by molar-refractivity contribution is 0.142. The highest BCUT2D eigenvalue weighted by atomic mass is 19.3. The molecule has 2 aromatic rings. The molecule has 0 unspecified atom stereocenters. The molecule has 0 saturated heterocycles. The molecule has 0 atom stereocenters. The Bertz CT molecular complexity index is 584. The SMILES string of the molecule is COCc1c(-c2ccc(O)c(C(F)F)n2)cnn1C. The number of aromatic nitrogens is 3. The topological polar surface area (TPSA) is 60.2 Å². The Labute approximate surface area is 108 Å². The summed E-state index contributed by atoms with van der Waals surface area (Å²) < 4.78 is 32.1. The number of pyridine rings is 1. The van der Waals surface area contributed by atoms with Crippen LogP contribution in [0.2, 0.25) is 0 Å². The number of ether oxygens (including phenoxy) is 1. The fraction of sp³-hybridized carbons (Fsp3) is 0.333. The van der Waals surface area contributed by atoms with E-state index in [0.29, 0.717) is 17.9 Å². The van der Waals surface area contributed by atoms with Crippen molar-refractivity contribution < 1.29 is 18.6 Å². The minimum absolute atomic E-state index is 0.290. The van der Waals surface area contributed by atoms with Crippen molar-refractivity contribution in [3.8, 4) is 17.0 Å². The van der Waals surface area contributed by atoms with Crippen LogP contribution < -0.4 is 0 Å². The summed E-state index contributed by atoms with van der Waals surface area (Å²) in [5, 5.41) is 13.4. The van der Waals surface area contributed by atoms with E-state index in [1.807, 2.05) is 0 Å². The third-order valence-electron chi connectivity index (χ3n) is 2.73. The Morgan fingerprint density at radius 2 is 2.16 bits per heavy atom. The molecular weight excluding hydrogens is 256 g/mol. The second-order valence-corrected chi connectivity index (χ2v) is 3.96. The normalized spacial score (nSPS) is 11.2. The van der Waals surface area contributed by atoms with Crippen molar-refractivity contribution in [3.63, 3.8) is 0 Å². The molecule has 7 heteroatoms. The average molecular weight is 269 g/mol. The molecule has 0 aliphatic carbocycles. The summed E-state index contributed by atoms with van der Waals surface area (Å²) in [6.45, 7) is 0.290. The molecular formula is C12H13F2N3O2. The maximum Gasteiger partial charge on any atom is 0.284 e. The van der Waals surface area contributed by atoms with Crippen LogP contribution in [0.15, 0.2) is 18.3 Å². The number of hydrogen-bond acceptors (Lipinski definition) is 4. The molecule has 0 amide bonds. The van der Waals surface area contributed by atoms with Crippen LogP contribution >= 0.6 is 0 Å². The van der Waals surface area contributed by atoms with Crippen molar-refractivity contribution in [2.24, 2.45) is 7.05 Å². The van der Waals surface area contributed by atoms with Crippen LogP contribution in [-0.2, 0) is 18.4 Å². The molecule has 2 aromatic heterocycles. The highest BCUT2D eigenvalue weighted by Gasteiger charge is 2.18. The minimum Gasteiger partial charge on any atom is -0.506 e. The van der Waals surface area contributed by atoms with Gasteiger partial charge in [0.15, 0.2) is 0 Å². The molecule has 102 valence electrons. The van der Waals surface area contributed by atoms with Crippen molar-refractivity contribution in [1.29, 1.82) is 0 Å². The van der Waals surface area contributed by atoms with Crippen LogP contribution in [0.1, 0.15) is 17.8 Å².